The predicted molar refractivity (Wildman–Crippen MR) is 224 cm³/mol. The average molecular weight is 903 g/mol. The van der Waals surface area contributed by atoms with Gasteiger partial charge in [0.25, 0.3) is 0 Å². The largest absolute Gasteiger partial charge is 0.510 e. The van der Waals surface area contributed by atoms with Crippen LogP contribution in [0.25, 0.3) is 49.9 Å². The first-order valence-corrected chi connectivity index (χ1v) is 18.7. The molecule has 0 saturated carbocycles. The van der Waals surface area contributed by atoms with Crippen LogP contribution in [0.3, 0.4) is 0 Å². The van der Waals surface area contributed by atoms with Crippen molar-refractivity contribution < 1.29 is 25.8 Å². The van der Waals surface area contributed by atoms with E-state index in [1.54, 1.807) is 0 Å². The zero-order valence-electron chi connectivity index (χ0n) is 33.3. The van der Waals surface area contributed by atoms with Crippen molar-refractivity contribution in [3.8, 4) is 39.6 Å². The Labute approximate surface area is 340 Å². The van der Waals surface area contributed by atoms with Crippen molar-refractivity contribution in [1.82, 2.24) is 14.5 Å². The van der Waals surface area contributed by atoms with E-state index in [2.05, 4.69) is 157 Å². The van der Waals surface area contributed by atoms with Crippen LogP contribution in [0, 0.1) is 60.3 Å². The van der Waals surface area contributed by atoms with Crippen molar-refractivity contribution >= 4 is 27.5 Å². The molecular weight excluding hydrogens is 856 g/mol. The van der Waals surface area contributed by atoms with Crippen LogP contribution in [0.15, 0.2) is 97.5 Å². The van der Waals surface area contributed by atoms with Crippen LogP contribution in [-0.4, -0.2) is 21.5 Å². The third-order valence-electron chi connectivity index (χ3n) is 10.5. The summed E-state index contributed by atoms with van der Waals surface area (Å²) in [6.07, 6.45) is 6.00. The van der Waals surface area contributed by atoms with Gasteiger partial charge in [0.15, 0.2) is 0 Å². The minimum atomic E-state index is -0.0507. The summed E-state index contributed by atoms with van der Waals surface area (Å²) in [7, 11) is 2.02. The smallest absolute Gasteiger partial charge is 0.135 e. The third kappa shape index (κ3) is 7.11. The number of ether oxygens (including phenoxy) is 1. The van der Waals surface area contributed by atoms with Gasteiger partial charge < -0.3 is 19.1 Å². The number of nitrogens with zero attached hydrogens (tertiary/aromatic N) is 4. The van der Waals surface area contributed by atoms with E-state index in [1.807, 2.05) is 43.3 Å². The first kappa shape index (κ1) is 38.2. The number of anilines is 1. The first-order valence-electron chi connectivity index (χ1n) is 18.7. The van der Waals surface area contributed by atoms with Crippen LogP contribution in [-0.2, 0) is 26.5 Å². The Morgan fingerprint density at radius 1 is 0.691 bits per heavy atom. The first-order chi connectivity index (χ1) is 25.7. The Bertz CT molecular complexity index is 2600. The van der Waals surface area contributed by atoms with Gasteiger partial charge >= 0.3 is 0 Å². The van der Waals surface area contributed by atoms with Gasteiger partial charge in [0.2, 0.25) is 0 Å². The number of aryl methyl sites for hydroxylation is 6. The summed E-state index contributed by atoms with van der Waals surface area (Å²) in [4.78, 5) is 9.11. The monoisotopic (exact) mass is 902 g/mol. The molecule has 1 aliphatic rings. The molecule has 2 aromatic heterocycles. The Balaban J connectivity index is 0.00000465. The molecule has 55 heavy (non-hydrogen) atoms. The molecule has 5 aromatic carbocycles. The molecule has 0 aliphatic carbocycles. The molecule has 0 spiro atoms. The molecule has 1 aliphatic heterocycles. The summed E-state index contributed by atoms with van der Waals surface area (Å²) in [5, 5.41) is 2.24. The second-order valence-electron chi connectivity index (χ2n) is 16.0. The van der Waals surface area contributed by atoms with Crippen molar-refractivity contribution in [2.45, 2.75) is 67.7 Å². The standard InChI is InChI=1S/C49H47N4O.Pt/c1-30-20-32(3)46(33(4)21-30)36-24-38(52-19-18-51(10)29-52)27-40(25-36)54-39-14-15-41-42-12-11-13-43(47-34(5)22-31(2)23-35(47)6)48(42)53(44(41)28-39)45-26-37(16-17-50-45)49(7,8)9;/h11-26,29H,1-10H3;/q-3;. The molecule has 0 unspecified atom stereocenters. The van der Waals surface area contributed by atoms with Crippen LogP contribution >= 0.6 is 0 Å². The maximum absolute atomic E-state index is 6.79. The number of hydrogen-bond donors (Lipinski definition) is 0. The van der Waals surface area contributed by atoms with Gasteiger partial charge in [0.05, 0.1) is 0 Å². The summed E-state index contributed by atoms with van der Waals surface area (Å²) in [5.41, 5.74) is 16.3. The maximum atomic E-state index is 6.79. The third-order valence-corrected chi connectivity index (χ3v) is 10.5. The Morgan fingerprint density at radius 3 is 2.00 bits per heavy atom. The topological polar surface area (TPSA) is 33.5 Å². The molecule has 7 aromatic rings. The molecule has 282 valence electrons. The summed E-state index contributed by atoms with van der Waals surface area (Å²) in [5.74, 6) is 2.08. The molecule has 0 bridgehead atoms. The average Bonchev–Trinajstić information content (AvgIpc) is 3.68. The Morgan fingerprint density at radius 2 is 1.36 bits per heavy atom. The molecule has 5 nitrogen and oxygen atoms in total. The number of para-hydroxylation sites is 1. The van der Waals surface area contributed by atoms with Crippen LogP contribution in [0.1, 0.15) is 59.7 Å². The van der Waals surface area contributed by atoms with Gasteiger partial charge in [-0.05, 0) is 123 Å². The van der Waals surface area contributed by atoms with Gasteiger partial charge in [0.1, 0.15) is 5.82 Å². The minimum Gasteiger partial charge on any atom is -0.510 e. The fraction of sp³-hybridized carbons (Fsp3) is 0.224. The van der Waals surface area contributed by atoms with E-state index >= 15 is 0 Å². The zero-order valence-corrected chi connectivity index (χ0v) is 35.6. The molecule has 3 heterocycles. The molecule has 0 atom stereocenters. The van der Waals surface area contributed by atoms with Crippen LogP contribution in [0.4, 0.5) is 5.69 Å². The molecule has 0 fully saturated rings. The molecule has 0 amide bonds. The van der Waals surface area contributed by atoms with Crippen LogP contribution < -0.4 is 9.64 Å². The molecule has 0 saturated heterocycles. The van der Waals surface area contributed by atoms with E-state index in [1.165, 1.54) is 55.6 Å². The van der Waals surface area contributed by atoms with Crippen molar-refractivity contribution in [1.29, 1.82) is 0 Å². The molecule has 0 radical (unpaired) electrons. The van der Waals surface area contributed by atoms with Crippen molar-refractivity contribution in [3.63, 3.8) is 0 Å². The normalized spacial score (nSPS) is 12.9. The van der Waals surface area contributed by atoms with Gasteiger partial charge in [-0.2, -0.15) is 12.7 Å². The van der Waals surface area contributed by atoms with Gasteiger partial charge in [-0.25, -0.2) is 4.98 Å². The van der Waals surface area contributed by atoms with Gasteiger partial charge in [-0.15, -0.1) is 47.0 Å². The molecular formula is C49H47N4OPt-3. The van der Waals surface area contributed by atoms with E-state index in [0.29, 0.717) is 11.5 Å². The fourth-order valence-electron chi connectivity index (χ4n) is 8.29. The second kappa shape index (κ2) is 14.5. The van der Waals surface area contributed by atoms with Crippen molar-refractivity contribution in [2.24, 2.45) is 0 Å². The van der Waals surface area contributed by atoms with Crippen molar-refractivity contribution in [3.05, 3.63) is 155 Å². The van der Waals surface area contributed by atoms with Gasteiger partial charge in [-0.1, -0.05) is 79.9 Å². The number of benzene rings is 5. The molecule has 0 N–H and O–H groups in total. The zero-order chi connectivity index (χ0) is 38.1. The number of fused-ring (bicyclic) bond motifs is 3. The van der Waals surface area contributed by atoms with Crippen LogP contribution in [0.2, 0.25) is 0 Å². The SMILES string of the molecule is Cc1cc(C)c(-c2cc(Oc3[c-]c4c(cc3)c3cccc(-c5c(C)cc(C)cc5C)c3n4-c3cc(C(C)(C)C)ccn3)[c-]c(N3C=CN(C)[CH-]3)c2)c(C)c1.[Pt]. The quantitative estimate of drug-likeness (QED) is 0.156. The number of aromatic nitrogens is 2. The number of rotatable bonds is 6. The minimum absolute atomic E-state index is 0. The number of hydrogen-bond acceptors (Lipinski definition) is 4. The Kier molecular flexibility index (Phi) is 10.1. The summed E-state index contributed by atoms with van der Waals surface area (Å²) in [6.45, 7) is 21.9. The van der Waals surface area contributed by atoms with E-state index in [4.69, 9.17) is 9.72 Å². The van der Waals surface area contributed by atoms with Crippen LogP contribution in [0.5, 0.6) is 11.5 Å². The summed E-state index contributed by atoms with van der Waals surface area (Å²) < 4.78 is 9.07. The molecule has 8 rings (SSSR count). The maximum Gasteiger partial charge on any atom is 0.135 e. The Hall–Kier alpha value is -5.12. The van der Waals surface area contributed by atoms with Gasteiger partial charge in [-0.3, -0.25) is 0 Å². The molecule has 6 heteroatoms. The fourth-order valence-corrected chi connectivity index (χ4v) is 8.29. The van der Waals surface area contributed by atoms with E-state index in [0.717, 1.165) is 38.9 Å². The summed E-state index contributed by atoms with van der Waals surface area (Å²) >= 11 is 0. The van der Waals surface area contributed by atoms with E-state index in [9.17, 15) is 0 Å². The summed E-state index contributed by atoms with van der Waals surface area (Å²) in [6, 6.07) is 35.8. The second-order valence-corrected chi connectivity index (χ2v) is 16.0. The predicted octanol–water partition coefficient (Wildman–Crippen LogP) is 12.4. The van der Waals surface area contributed by atoms with Crippen molar-refractivity contribution in [2.75, 3.05) is 11.9 Å². The van der Waals surface area contributed by atoms with Gasteiger partial charge in [0, 0.05) is 49.8 Å². The van der Waals surface area contributed by atoms with E-state index < -0.39 is 0 Å². The number of pyridine rings is 1. The van der Waals surface area contributed by atoms with E-state index in [-0.39, 0.29) is 26.5 Å².